The van der Waals surface area contributed by atoms with Gasteiger partial charge in [-0.05, 0) is 43.9 Å². The molecular formula is C15H22F3N. The molecule has 0 bridgehead atoms. The van der Waals surface area contributed by atoms with Crippen molar-refractivity contribution >= 4 is 0 Å². The van der Waals surface area contributed by atoms with Gasteiger partial charge in [0.25, 0.3) is 0 Å². The lowest BCUT2D eigenvalue weighted by Gasteiger charge is -2.18. The molecule has 0 fully saturated rings. The number of benzene rings is 1. The van der Waals surface area contributed by atoms with Gasteiger partial charge in [-0.1, -0.05) is 32.0 Å². The van der Waals surface area contributed by atoms with E-state index >= 15 is 0 Å². The fourth-order valence-corrected chi connectivity index (χ4v) is 2.40. The van der Waals surface area contributed by atoms with E-state index in [4.69, 9.17) is 0 Å². The van der Waals surface area contributed by atoms with Gasteiger partial charge in [-0.3, -0.25) is 0 Å². The fraction of sp³-hybridized carbons (Fsp3) is 0.600. The average molecular weight is 273 g/mol. The second-order valence-electron chi connectivity index (χ2n) is 5.20. The van der Waals surface area contributed by atoms with Crippen LogP contribution < -0.4 is 5.32 Å². The number of alkyl halides is 3. The standard InChI is InChI=1S/C15H22F3N/c1-4-19-12(3)8-11(2)9-13-6-5-7-14(10-13)15(16,17)18/h5-7,10-12,19H,4,8-9H2,1-3H3. The van der Waals surface area contributed by atoms with E-state index in [0.717, 1.165) is 24.6 Å². The summed E-state index contributed by atoms with van der Waals surface area (Å²) >= 11 is 0. The molecule has 0 aliphatic heterocycles. The van der Waals surface area contributed by atoms with Crippen LogP contribution in [0.25, 0.3) is 0 Å². The van der Waals surface area contributed by atoms with Crippen molar-refractivity contribution in [2.45, 2.75) is 45.8 Å². The highest BCUT2D eigenvalue weighted by molar-refractivity contribution is 5.25. The van der Waals surface area contributed by atoms with Crippen molar-refractivity contribution in [1.29, 1.82) is 0 Å². The molecule has 0 radical (unpaired) electrons. The number of halogens is 3. The predicted molar refractivity (Wildman–Crippen MR) is 72.1 cm³/mol. The van der Waals surface area contributed by atoms with Crippen LogP contribution in [0.2, 0.25) is 0 Å². The Labute approximate surface area is 113 Å². The van der Waals surface area contributed by atoms with Gasteiger partial charge in [-0.2, -0.15) is 13.2 Å². The van der Waals surface area contributed by atoms with Crippen molar-refractivity contribution in [3.8, 4) is 0 Å². The number of rotatable bonds is 6. The fourth-order valence-electron chi connectivity index (χ4n) is 2.40. The highest BCUT2D eigenvalue weighted by atomic mass is 19.4. The van der Waals surface area contributed by atoms with Gasteiger partial charge >= 0.3 is 6.18 Å². The monoisotopic (exact) mass is 273 g/mol. The van der Waals surface area contributed by atoms with Crippen LogP contribution >= 0.6 is 0 Å². The van der Waals surface area contributed by atoms with Gasteiger partial charge in [0.1, 0.15) is 0 Å². The molecule has 1 aromatic carbocycles. The summed E-state index contributed by atoms with van der Waals surface area (Å²) in [6, 6.07) is 6.03. The van der Waals surface area contributed by atoms with Crippen molar-refractivity contribution in [3.05, 3.63) is 35.4 Å². The molecule has 0 saturated heterocycles. The highest BCUT2D eigenvalue weighted by Crippen LogP contribution is 2.30. The maximum Gasteiger partial charge on any atom is 0.416 e. The molecule has 0 aliphatic carbocycles. The topological polar surface area (TPSA) is 12.0 Å². The molecule has 1 aromatic rings. The highest BCUT2D eigenvalue weighted by Gasteiger charge is 2.30. The Morgan fingerprint density at radius 1 is 1.21 bits per heavy atom. The van der Waals surface area contributed by atoms with Crippen molar-refractivity contribution in [3.63, 3.8) is 0 Å². The summed E-state index contributed by atoms with van der Waals surface area (Å²) in [7, 11) is 0. The van der Waals surface area contributed by atoms with Crippen LogP contribution in [0.1, 0.15) is 38.3 Å². The first-order chi connectivity index (χ1) is 8.82. The number of hydrogen-bond donors (Lipinski definition) is 1. The first-order valence-corrected chi connectivity index (χ1v) is 6.72. The van der Waals surface area contributed by atoms with Gasteiger partial charge < -0.3 is 5.32 Å². The first-order valence-electron chi connectivity index (χ1n) is 6.72. The van der Waals surface area contributed by atoms with Crippen LogP contribution in [-0.2, 0) is 12.6 Å². The summed E-state index contributed by atoms with van der Waals surface area (Å²) in [4.78, 5) is 0. The summed E-state index contributed by atoms with van der Waals surface area (Å²) in [6.07, 6.45) is -2.61. The Kier molecular flexibility index (Phi) is 5.85. The Bertz CT molecular complexity index is 387. The summed E-state index contributed by atoms with van der Waals surface area (Å²) in [5.41, 5.74) is 0.197. The largest absolute Gasteiger partial charge is 0.416 e. The van der Waals surface area contributed by atoms with Crippen molar-refractivity contribution in [2.24, 2.45) is 5.92 Å². The molecule has 2 atom stereocenters. The van der Waals surface area contributed by atoms with E-state index in [1.54, 1.807) is 6.07 Å². The van der Waals surface area contributed by atoms with E-state index in [2.05, 4.69) is 19.2 Å². The Morgan fingerprint density at radius 3 is 2.47 bits per heavy atom. The summed E-state index contributed by atoms with van der Waals surface area (Å²) in [5.74, 6) is 0.359. The summed E-state index contributed by atoms with van der Waals surface area (Å²) < 4.78 is 37.8. The van der Waals surface area contributed by atoms with Crippen molar-refractivity contribution < 1.29 is 13.2 Å². The van der Waals surface area contributed by atoms with Crippen LogP contribution in [0.15, 0.2) is 24.3 Å². The Hall–Kier alpha value is -1.03. The van der Waals surface area contributed by atoms with Gasteiger partial charge in [0, 0.05) is 6.04 Å². The number of hydrogen-bond acceptors (Lipinski definition) is 1. The van der Waals surface area contributed by atoms with Gasteiger partial charge in [0.15, 0.2) is 0 Å². The molecule has 1 rings (SSSR count). The van der Waals surface area contributed by atoms with Gasteiger partial charge in [0.2, 0.25) is 0 Å². The minimum Gasteiger partial charge on any atom is -0.315 e. The Balaban J connectivity index is 2.62. The van der Waals surface area contributed by atoms with E-state index < -0.39 is 11.7 Å². The molecule has 108 valence electrons. The lowest BCUT2D eigenvalue weighted by Crippen LogP contribution is -2.27. The summed E-state index contributed by atoms with van der Waals surface area (Å²) in [5, 5.41) is 3.32. The molecule has 1 N–H and O–H groups in total. The molecule has 0 amide bonds. The van der Waals surface area contributed by atoms with Gasteiger partial charge in [-0.15, -0.1) is 0 Å². The molecule has 2 unspecified atom stereocenters. The number of nitrogens with one attached hydrogen (secondary N) is 1. The second kappa shape index (κ2) is 6.94. The van der Waals surface area contributed by atoms with Crippen LogP contribution in [0, 0.1) is 5.92 Å². The molecule has 0 saturated carbocycles. The molecule has 1 nitrogen and oxygen atoms in total. The molecule has 0 aliphatic rings. The lowest BCUT2D eigenvalue weighted by atomic mass is 9.94. The quantitative estimate of drug-likeness (QED) is 0.816. The van der Waals surface area contributed by atoms with Crippen LogP contribution in [0.4, 0.5) is 13.2 Å². The zero-order valence-corrected chi connectivity index (χ0v) is 11.7. The molecule has 4 heteroatoms. The van der Waals surface area contributed by atoms with E-state index in [0.29, 0.717) is 18.4 Å². The SMILES string of the molecule is CCNC(C)CC(C)Cc1cccc(C(F)(F)F)c1. The third kappa shape index (κ3) is 5.64. The van der Waals surface area contributed by atoms with E-state index in [9.17, 15) is 13.2 Å². The van der Waals surface area contributed by atoms with E-state index in [-0.39, 0.29) is 0 Å². The Morgan fingerprint density at radius 2 is 1.89 bits per heavy atom. The molecule has 0 spiro atoms. The third-order valence-corrected chi connectivity index (χ3v) is 3.15. The maximum atomic E-state index is 12.6. The smallest absolute Gasteiger partial charge is 0.315 e. The minimum atomic E-state index is -4.25. The lowest BCUT2D eigenvalue weighted by molar-refractivity contribution is -0.137. The normalized spacial score (nSPS) is 15.3. The van der Waals surface area contributed by atoms with Crippen molar-refractivity contribution in [1.82, 2.24) is 5.32 Å². The zero-order chi connectivity index (χ0) is 14.5. The van der Waals surface area contributed by atoms with Gasteiger partial charge in [0.05, 0.1) is 5.56 Å². The first kappa shape index (κ1) is 16.0. The molecular weight excluding hydrogens is 251 g/mol. The maximum absolute atomic E-state index is 12.6. The van der Waals surface area contributed by atoms with E-state index in [1.165, 1.54) is 12.1 Å². The zero-order valence-electron chi connectivity index (χ0n) is 11.7. The van der Waals surface area contributed by atoms with E-state index in [1.807, 2.05) is 6.92 Å². The molecule has 19 heavy (non-hydrogen) atoms. The summed E-state index contributed by atoms with van der Waals surface area (Å²) in [6.45, 7) is 7.14. The molecule has 0 heterocycles. The van der Waals surface area contributed by atoms with Crippen molar-refractivity contribution in [2.75, 3.05) is 6.54 Å². The van der Waals surface area contributed by atoms with Gasteiger partial charge in [-0.25, -0.2) is 0 Å². The predicted octanol–water partition coefficient (Wildman–Crippen LogP) is 4.27. The third-order valence-electron chi connectivity index (χ3n) is 3.15. The van der Waals surface area contributed by atoms with Crippen LogP contribution in [0.5, 0.6) is 0 Å². The molecule has 0 aromatic heterocycles. The minimum absolute atomic E-state index is 0.359. The average Bonchev–Trinajstić information content (AvgIpc) is 2.28. The van der Waals surface area contributed by atoms with Crippen LogP contribution in [-0.4, -0.2) is 12.6 Å². The second-order valence-corrected chi connectivity index (χ2v) is 5.20. The van der Waals surface area contributed by atoms with Crippen LogP contribution in [0.3, 0.4) is 0 Å².